The van der Waals surface area contributed by atoms with E-state index in [0.29, 0.717) is 12.8 Å². The van der Waals surface area contributed by atoms with Crippen LogP contribution in [0.5, 0.6) is 0 Å². The maximum absolute atomic E-state index is 12.2. The number of rotatable bonds is 8. The van der Waals surface area contributed by atoms with Crippen LogP contribution in [0.1, 0.15) is 39.5 Å². The molecule has 0 aromatic carbocycles. The molecule has 0 aromatic heterocycles. The molecule has 104 valence electrons. The highest BCUT2D eigenvalue weighted by Crippen LogP contribution is 2.21. The first-order valence-corrected chi connectivity index (χ1v) is 6.17. The average molecular weight is 258 g/mol. The lowest BCUT2D eigenvalue weighted by molar-refractivity contribution is -0.146. The van der Waals surface area contributed by atoms with Crippen molar-refractivity contribution in [1.29, 1.82) is 0 Å². The zero-order valence-electron chi connectivity index (χ0n) is 11.5. The summed E-state index contributed by atoms with van der Waals surface area (Å²) in [5.41, 5.74) is 0. The summed E-state index contributed by atoms with van der Waals surface area (Å²) in [5.74, 6) is -1.62. The molecule has 0 bridgehead atoms. The highest BCUT2D eigenvalue weighted by atomic mass is 16.5. The standard InChI is InChI=1S/C13H22O5/c1-5-9(7-11(14)17-3)13(16)10(6-2)8-12(15)18-4/h9-10H,5-8H2,1-4H3. The molecule has 0 aliphatic carbocycles. The Labute approximate surface area is 108 Å². The van der Waals surface area contributed by atoms with Crippen LogP contribution < -0.4 is 0 Å². The van der Waals surface area contributed by atoms with Gasteiger partial charge in [-0.15, -0.1) is 0 Å². The minimum absolute atomic E-state index is 0.0594. The summed E-state index contributed by atoms with van der Waals surface area (Å²) in [5, 5.41) is 0. The Bertz CT molecular complexity index is 270. The van der Waals surface area contributed by atoms with E-state index in [4.69, 9.17) is 0 Å². The molecule has 5 nitrogen and oxygen atoms in total. The fourth-order valence-corrected chi connectivity index (χ4v) is 1.79. The number of esters is 2. The third-order valence-corrected chi connectivity index (χ3v) is 3.07. The quantitative estimate of drug-likeness (QED) is 0.620. The van der Waals surface area contributed by atoms with Gasteiger partial charge in [0.05, 0.1) is 27.1 Å². The average Bonchev–Trinajstić information content (AvgIpc) is 2.40. The Morgan fingerprint density at radius 2 is 1.17 bits per heavy atom. The van der Waals surface area contributed by atoms with E-state index in [2.05, 4.69) is 9.47 Å². The van der Waals surface area contributed by atoms with Gasteiger partial charge in [-0.05, 0) is 12.8 Å². The molecule has 0 aliphatic heterocycles. The van der Waals surface area contributed by atoms with Gasteiger partial charge in [0, 0.05) is 11.8 Å². The van der Waals surface area contributed by atoms with Crippen LogP contribution in [-0.2, 0) is 23.9 Å². The second-order valence-electron chi connectivity index (χ2n) is 4.17. The zero-order valence-corrected chi connectivity index (χ0v) is 11.5. The van der Waals surface area contributed by atoms with Gasteiger partial charge >= 0.3 is 11.9 Å². The van der Waals surface area contributed by atoms with E-state index in [1.54, 1.807) is 0 Å². The maximum Gasteiger partial charge on any atom is 0.306 e. The van der Waals surface area contributed by atoms with Crippen molar-refractivity contribution >= 4 is 17.7 Å². The Morgan fingerprint density at radius 3 is 1.39 bits per heavy atom. The normalized spacial score (nSPS) is 13.6. The molecule has 0 saturated carbocycles. The molecule has 0 rings (SSSR count). The summed E-state index contributed by atoms with van der Waals surface area (Å²) in [4.78, 5) is 34.6. The Balaban J connectivity index is 4.62. The number of ether oxygens (including phenoxy) is 2. The first kappa shape index (κ1) is 16.6. The summed E-state index contributed by atoms with van der Waals surface area (Å²) < 4.78 is 9.13. The van der Waals surface area contributed by atoms with Gasteiger partial charge in [-0.25, -0.2) is 0 Å². The highest BCUT2D eigenvalue weighted by Gasteiger charge is 2.28. The number of carbonyl (C=O) groups is 3. The molecule has 0 amide bonds. The lowest BCUT2D eigenvalue weighted by atomic mass is 9.85. The third-order valence-electron chi connectivity index (χ3n) is 3.07. The third kappa shape index (κ3) is 5.29. The molecular weight excluding hydrogens is 236 g/mol. The second-order valence-corrected chi connectivity index (χ2v) is 4.17. The van der Waals surface area contributed by atoms with Gasteiger partial charge in [0.1, 0.15) is 5.78 Å². The maximum atomic E-state index is 12.2. The monoisotopic (exact) mass is 258 g/mol. The number of hydrogen-bond donors (Lipinski definition) is 0. The largest absolute Gasteiger partial charge is 0.469 e. The fourth-order valence-electron chi connectivity index (χ4n) is 1.79. The first-order chi connectivity index (χ1) is 8.49. The summed E-state index contributed by atoms with van der Waals surface area (Å²) >= 11 is 0. The molecule has 5 heteroatoms. The molecule has 0 heterocycles. The number of carbonyl (C=O) groups excluding carboxylic acids is 3. The van der Waals surface area contributed by atoms with Crippen molar-refractivity contribution in [1.82, 2.24) is 0 Å². The number of ketones is 1. The minimum atomic E-state index is -0.400. The number of hydrogen-bond acceptors (Lipinski definition) is 5. The van der Waals surface area contributed by atoms with Gasteiger partial charge in [0.2, 0.25) is 0 Å². The molecule has 0 aromatic rings. The molecule has 0 radical (unpaired) electrons. The second kappa shape index (κ2) is 8.66. The summed E-state index contributed by atoms with van der Waals surface area (Å²) in [6, 6.07) is 0. The molecule has 0 spiro atoms. The van der Waals surface area contributed by atoms with E-state index in [1.807, 2.05) is 13.8 Å². The zero-order chi connectivity index (χ0) is 14.1. The van der Waals surface area contributed by atoms with Crippen molar-refractivity contribution in [2.75, 3.05) is 14.2 Å². The Hall–Kier alpha value is -1.39. The van der Waals surface area contributed by atoms with Gasteiger partial charge in [-0.1, -0.05) is 13.8 Å². The van der Waals surface area contributed by atoms with Gasteiger partial charge in [0.25, 0.3) is 0 Å². The lowest BCUT2D eigenvalue weighted by Crippen LogP contribution is -2.27. The van der Waals surface area contributed by atoms with Crippen LogP contribution in [0.4, 0.5) is 0 Å². The molecule has 0 aliphatic rings. The van der Waals surface area contributed by atoms with E-state index in [0.717, 1.165) is 0 Å². The Kier molecular flexibility index (Phi) is 8.00. The van der Waals surface area contributed by atoms with Crippen LogP contribution in [0.25, 0.3) is 0 Å². The van der Waals surface area contributed by atoms with Gasteiger partial charge < -0.3 is 9.47 Å². The van der Waals surface area contributed by atoms with Crippen molar-refractivity contribution in [3.05, 3.63) is 0 Å². The minimum Gasteiger partial charge on any atom is -0.469 e. The van der Waals surface area contributed by atoms with Crippen LogP contribution in [0.2, 0.25) is 0 Å². The van der Waals surface area contributed by atoms with Crippen LogP contribution in [-0.4, -0.2) is 31.9 Å². The van der Waals surface area contributed by atoms with Gasteiger partial charge in [-0.3, -0.25) is 14.4 Å². The molecule has 18 heavy (non-hydrogen) atoms. The van der Waals surface area contributed by atoms with Crippen molar-refractivity contribution in [3.8, 4) is 0 Å². The highest BCUT2D eigenvalue weighted by molar-refractivity contribution is 5.89. The van der Waals surface area contributed by atoms with Gasteiger partial charge in [0.15, 0.2) is 0 Å². The van der Waals surface area contributed by atoms with E-state index in [1.165, 1.54) is 14.2 Å². The lowest BCUT2D eigenvalue weighted by Gasteiger charge is -2.18. The van der Waals surface area contributed by atoms with E-state index >= 15 is 0 Å². The summed E-state index contributed by atoms with van der Waals surface area (Å²) in [6.07, 6.45) is 1.27. The smallest absolute Gasteiger partial charge is 0.306 e. The van der Waals surface area contributed by atoms with Crippen LogP contribution in [0.15, 0.2) is 0 Å². The van der Waals surface area contributed by atoms with Crippen molar-refractivity contribution < 1.29 is 23.9 Å². The number of methoxy groups -OCH3 is 2. The Morgan fingerprint density at radius 1 is 0.833 bits per heavy atom. The SMILES string of the molecule is CCC(CC(=O)OC)C(=O)C(CC)CC(=O)OC. The first-order valence-electron chi connectivity index (χ1n) is 6.17. The van der Waals surface area contributed by atoms with Crippen LogP contribution in [0, 0.1) is 11.8 Å². The van der Waals surface area contributed by atoms with Crippen molar-refractivity contribution in [3.63, 3.8) is 0 Å². The molecule has 2 atom stereocenters. The number of Topliss-reactive ketones (excluding diaryl/α,β-unsaturated/α-hetero) is 1. The summed E-state index contributed by atoms with van der Waals surface area (Å²) in [7, 11) is 2.59. The van der Waals surface area contributed by atoms with Gasteiger partial charge in [-0.2, -0.15) is 0 Å². The van der Waals surface area contributed by atoms with E-state index in [-0.39, 0.29) is 30.5 Å². The molecule has 0 saturated heterocycles. The molecule has 2 unspecified atom stereocenters. The molecule has 0 fully saturated rings. The van der Waals surface area contributed by atoms with Crippen molar-refractivity contribution in [2.24, 2.45) is 11.8 Å². The van der Waals surface area contributed by atoms with E-state index < -0.39 is 11.9 Å². The predicted molar refractivity (Wildman–Crippen MR) is 65.8 cm³/mol. The molecular formula is C13H22O5. The predicted octanol–water partition coefficient (Wildman–Crippen LogP) is 1.73. The summed E-state index contributed by atoms with van der Waals surface area (Å²) in [6.45, 7) is 3.69. The van der Waals surface area contributed by atoms with Crippen LogP contribution in [0.3, 0.4) is 0 Å². The van der Waals surface area contributed by atoms with Crippen LogP contribution >= 0.6 is 0 Å². The van der Waals surface area contributed by atoms with Crippen molar-refractivity contribution in [2.45, 2.75) is 39.5 Å². The molecule has 0 N–H and O–H groups in total. The topological polar surface area (TPSA) is 69.7 Å². The fraction of sp³-hybridized carbons (Fsp3) is 0.769. The van der Waals surface area contributed by atoms with E-state index in [9.17, 15) is 14.4 Å².